The van der Waals surface area contributed by atoms with Crippen molar-refractivity contribution in [2.24, 2.45) is 0 Å². The number of fused-ring (bicyclic) bond motifs is 3. The number of benzene rings is 1. The summed E-state index contributed by atoms with van der Waals surface area (Å²) in [7, 11) is 0. The van der Waals surface area contributed by atoms with E-state index in [1.165, 1.54) is 0 Å². The lowest BCUT2D eigenvalue weighted by atomic mass is 10.1. The van der Waals surface area contributed by atoms with Gasteiger partial charge in [0, 0.05) is 43.0 Å². The Bertz CT molecular complexity index is 879. The van der Waals surface area contributed by atoms with Crippen molar-refractivity contribution in [2.45, 2.75) is 13.1 Å². The number of anilines is 1. The second-order valence-electron chi connectivity index (χ2n) is 5.26. The van der Waals surface area contributed by atoms with Gasteiger partial charge in [0.1, 0.15) is 5.15 Å². The second kappa shape index (κ2) is 6.07. The maximum atomic E-state index is 6.38. The molecule has 23 heavy (non-hydrogen) atoms. The summed E-state index contributed by atoms with van der Waals surface area (Å²) >= 11 is 20.0. The third-order valence-electron chi connectivity index (χ3n) is 3.71. The Kier molecular flexibility index (Phi) is 4.07. The van der Waals surface area contributed by atoms with E-state index in [1.807, 2.05) is 12.1 Å². The number of rotatable bonds is 2. The Morgan fingerprint density at radius 2 is 2.09 bits per heavy atom. The molecule has 0 aliphatic carbocycles. The van der Waals surface area contributed by atoms with E-state index in [4.69, 9.17) is 34.8 Å². The molecule has 0 saturated carbocycles. The van der Waals surface area contributed by atoms with Gasteiger partial charge in [-0.1, -0.05) is 40.9 Å². The highest BCUT2D eigenvalue weighted by Gasteiger charge is 2.22. The SMILES string of the molecule is Clc1ccc(CN2Cc3cc(Cl)c4c(Cl)c[nH]c4c3NS2)cn1. The number of aromatic amines is 1. The fourth-order valence-corrected chi connectivity index (χ4v) is 4.26. The largest absolute Gasteiger partial charge is 0.358 e. The van der Waals surface area contributed by atoms with Gasteiger partial charge in [-0.25, -0.2) is 9.29 Å². The minimum Gasteiger partial charge on any atom is -0.358 e. The molecule has 0 spiro atoms. The van der Waals surface area contributed by atoms with E-state index in [9.17, 15) is 0 Å². The molecule has 0 amide bonds. The lowest BCUT2D eigenvalue weighted by Crippen LogP contribution is -2.22. The standard InChI is InChI=1S/C15H11Cl3N4S/c16-10-3-9-7-22(6-8-1-2-12(18)19-4-8)23-21-14(9)15-13(10)11(17)5-20-15/h1-5,20-21H,6-7H2. The van der Waals surface area contributed by atoms with Gasteiger partial charge in [-0.15, -0.1) is 0 Å². The molecule has 0 radical (unpaired) electrons. The first-order valence-corrected chi connectivity index (χ1v) is 8.79. The van der Waals surface area contributed by atoms with Crippen molar-refractivity contribution in [2.75, 3.05) is 4.72 Å². The van der Waals surface area contributed by atoms with Crippen molar-refractivity contribution >= 4 is 63.5 Å². The zero-order chi connectivity index (χ0) is 16.0. The van der Waals surface area contributed by atoms with Crippen LogP contribution in [-0.4, -0.2) is 14.3 Å². The van der Waals surface area contributed by atoms with Crippen LogP contribution in [0.5, 0.6) is 0 Å². The van der Waals surface area contributed by atoms with Crippen LogP contribution in [0.15, 0.2) is 30.6 Å². The van der Waals surface area contributed by atoms with E-state index in [-0.39, 0.29) is 0 Å². The molecule has 4 nitrogen and oxygen atoms in total. The number of nitrogens with zero attached hydrogens (tertiary/aromatic N) is 2. The summed E-state index contributed by atoms with van der Waals surface area (Å²) < 4.78 is 5.57. The number of pyridine rings is 1. The topological polar surface area (TPSA) is 44.0 Å². The van der Waals surface area contributed by atoms with Crippen molar-refractivity contribution in [3.8, 4) is 0 Å². The van der Waals surface area contributed by atoms with Crippen LogP contribution in [0, 0.1) is 0 Å². The molecule has 0 bridgehead atoms. The van der Waals surface area contributed by atoms with Crippen molar-refractivity contribution < 1.29 is 0 Å². The smallest absolute Gasteiger partial charge is 0.129 e. The molecule has 0 fully saturated rings. The van der Waals surface area contributed by atoms with E-state index >= 15 is 0 Å². The number of halogens is 3. The summed E-state index contributed by atoms with van der Waals surface area (Å²) in [4.78, 5) is 7.31. The molecular formula is C15H11Cl3N4S. The maximum absolute atomic E-state index is 6.38. The highest BCUT2D eigenvalue weighted by atomic mass is 35.5. The molecule has 0 atom stereocenters. The van der Waals surface area contributed by atoms with Crippen LogP contribution in [-0.2, 0) is 13.1 Å². The Hall–Kier alpha value is -1.11. The molecule has 4 rings (SSSR count). The molecular weight excluding hydrogens is 375 g/mol. The fraction of sp³-hybridized carbons (Fsp3) is 0.133. The Balaban J connectivity index is 1.63. The zero-order valence-electron chi connectivity index (χ0n) is 11.7. The van der Waals surface area contributed by atoms with Gasteiger partial charge in [-0.3, -0.25) is 0 Å². The summed E-state index contributed by atoms with van der Waals surface area (Å²) in [5.41, 5.74) is 4.20. The van der Waals surface area contributed by atoms with Crippen molar-refractivity contribution in [3.63, 3.8) is 0 Å². The first-order valence-electron chi connectivity index (χ1n) is 6.88. The molecule has 8 heteroatoms. The zero-order valence-corrected chi connectivity index (χ0v) is 14.8. The Morgan fingerprint density at radius 1 is 1.22 bits per heavy atom. The van der Waals surface area contributed by atoms with Crippen molar-refractivity contribution in [1.82, 2.24) is 14.3 Å². The lowest BCUT2D eigenvalue weighted by molar-refractivity contribution is 0.460. The number of hydrogen-bond acceptors (Lipinski definition) is 4. The Morgan fingerprint density at radius 3 is 2.87 bits per heavy atom. The van der Waals surface area contributed by atoms with E-state index in [0.717, 1.165) is 40.8 Å². The van der Waals surface area contributed by atoms with E-state index < -0.39 is 0 Å². The lowest BCUT2D eigenvalue weighted by Gasteiger charge is -2.28. The summed E-state index contributed by atoms with van der Waals surface area (Å²) in [6, 6.07) is 5.75. The molecule has 3 heterocycles. The third-order valence-corrected chi connectivity index (χ3v) is 5.35. The number of hydrogen-bond donors (Lipinski definition) is 2. The minimum atomic E-state index is 0.501. The average Bonchev–Trinajstić information content (AvgIpc) is 2.92. The van der Waals surface area contributed by atoms with E-state index in [2.05, 4.69) is 19.0 Å². The van der Waals surface area contributed by atoms with Gasteiger partial charge in [-0.05, 0) is 23.3 Å². The van der Waals surface area contributed by atoms with Gasteiger partial charge in [-0.2, -0.15) is 0 Å². The first-order chi connectivity index (χ1) is 11.1. The molecule has 2 aromatic heterocycles. The van der Waals surface area contributed by atoms with E-state index in [0.29, 0.717) is 15.2 Å². The maximum Gasteiger partial charge on any atom is 0.129 e. The third kappa shape index (κ3) is 2.88. The molecule has 3 aromatic rings. The molecule has 1 aliphatic rings. The van der Waals surface area contributed by atoms with Gasteiger partial charge in [0.2, 0.25) is 0 Å². The predicted octanol–water partition coefficient (Wildman–Crippen LogP) is 5.51. The molecule has 2 N–H and O–H groups in total. The van der Waals surface area contributed by atoms with Crippen LogP contribution in [0.25, 0.3) is 10.9 Å². The van der Waals surface area contributed by atoms with Crippen LogP contribution in [0.4, 0.5) is 5.69 Å². The summed E-state index contributed by atoms with van der Waals surface area (Å²) in [6.45, 7) is 1.52. The van der Waals surface area contributed by atoms with Crippen LogP contribution in [0.3, 0.4) is 0 Å². The van der Waals surface area contributed by atoms with Crippen molar-refractivity contribution in [1.29, 1.82) is 0 Å². The van der Waals surface area contributed by atoms with Crippen molar-refractivity contribution in [3.05, 3.63) is 56.9 Å². The molecule has 1 aromatic carbocycles. The van der Waals surface area contributed by atoms with Crippen LogP contribution in [0.1, 0.15) is 11.1 Å². The minimum absolute atomic E-state index is 0.501. The molecule has 0 saturated heterocycles. The van der Waals surface area contributed by atoms with Crippen LogP contribution < -0.4 is 4.72 Å². The molecule has 0 unspecified atom stereocenters. The highest BCUT2D eigenvalue weighted by Crippen LogP contribution is 2.41. The average molecular weight is 386 g/mol. The summed E-state index contributed by atoms with van der Waals surface area (Å²) in [5, 5.41) is 2.65. The van der Waals surface area contributed by atoms with Gasteiger partial charge in [0.05, 0.1) is 21.2 Å². The number of nitrogens with one attached hydrogen (secondary N) is 2. The van der Waals surface area contributed by atoms with Gasteiger partial charge < -0.3 is 9.71 Å². The predicted molar refractivity (Wildman–Crippen MR) is 98.0 cm³/mol. The van der Waals surface area contributed by atoms with Crippen LogP contribution in [0.2, 0.25) is 15.2 Å². The highest BCUT2D eigenvalue weighted by molar-refractivity contribution is 7.98. The Labute approximate surface area is 152 Å². The quantitative estimate of drug-likeness (QED) is 0.451. The summed E-state index contributed by atoms with van der Waals surface area (Å²) in [5.74, 6) is 0. The summed E-state index contributed by atoms with van der Waals surface area (Å²) in [6.07, 6.45) is 3.55. The van der Waals surface area contributed by atoms with Gasteiger partial charge in [0.15, 0.2) is 0 Å². The van der Waals surface area contributed by atoms with Gasteiger partial charge >= 0.3 is 0 Å². The number of aromatic nitrogens is 2. The molecule has 118 valence electrons. The fourth-order valence-electron chi connectivity index (χ4n) is 2.65. The van der Waals surface area contributed by atoms with Gasteiger partial charge in [0.25, 0.3) is 0 Å². The van der Waals surface area contributed by atoms with E-state index in [1.54, 1.807) is 30.6 Å². The first kappa shape index (κ1) is 15.4. The monoisotopic (exact) mass is 384 g/mol. The normalized spacial score (nSPS) is 14.7. The molecule has 1 aliphatic heterocycles. The van der Waals surface area contributed by atoms with Crippen LogP contribution >= 0.6 is 46.9 Å². The second-order valence-corrected chi connectivity index (χ2v) is 7.36. The number of H-pyrrole nitrogens is 1.